The summed E-state index contributed by atoms with van der Waals surface area (Å²) in [6.45, 7) is 9.06. The van der Waals surface area contributed by atoms with Gasteiger partial charge in [0.25, 0.3) is 0 Å². The lowest BCUT2D eigenvalue weighted by molar-refractivity contribution is 0.227. The van der Waals surface area contributed by atoms with Gasteiger partial charge in [0.1, 0.15) is 5.69 Å². The second-order valence-corrected chi connectivity index (χ2v) is 5.23. The van der Waals surface area contributed by atoms with Crippen LogP contribution in [-0.2, 0) is 13.1 Å². The summed E-state index contributed by atoms with van der Waals surface area (Å²) in [6, 6.07) is 0. The zero-order valence-corrected chi connectivity index (χ0v) is 11.8. The van der Waals surface area contributed by atoms with Crippen LogP contribution in [0, 0.1) is 0 Å². The molecule has 5 nitrogen and oxygen atoms in total. The quantitative estimate of drug-likeness (QED) is 0.852. The van der Waals surface area contributed by atoms with E-state index in [-0.39, 0.29) is 0 Å². The Morgan fingerprint density at radius 2 is 2.26 bits per heavy atom. The molecular weight excluding hydrogens is 240 g/mol. The Kier molecular flexibility index (Phi) is 3.05. The maximum absolute atomic E-state index is 5.82. The van der Waals surface area contributed by atoms with Gasteiger partial charge in [-0.15, -0.1) is 0 Å². The van der Waals surface area contributed by atoms with Crippen molar-refractivity contribution in [3.63, 3.8) is 0 Å². The second-order valence-electron chi connectivity index (χ2n) is 5.23. The van der Waals surface area contributed by atoms with E-state index in [0.717, 1.165) is 43.3 Å². The number of aromatic nitrogens is 4. The minimum Gasteiger partial charge on any atom is -0.478 e. The molecule has 0 aromatic carbocycles. The molecular formula is C14H20N4O. The SMILES string of the molecule is CCn1cc(-c2nn3c(c2C(C)C)OCCC3)cn1. The van der Waals surface area contributed by atoms with E-state index in [1.54, 1.807) is 0 Å². The van der Waals surface area contributed by atoms with Gasteiger partial charge in [0, 0.05) is 36.8 Å². The monoisotopic (exact) mass is 260 g/mol. The number of rotatable bonds is 3. The van der Waals surface area contributed by atoms with Crippen LogP contribution in [0.4, 0.5) is 0 Å². The fraction of sp³-hybridized carbons (Fsp3) is 0.571. The van der Waals surface area contributed by atoms with E-state index >= 15 is 0 Å². The number of hydrogen-bond acceptors (Lipinski definition) is 3. The van der Waals surface area contributed by atoms with E-state index in [4.69, 9.17) is 9.84 Å². The van der Waals surface area contributed by atoms with Crippen LogP contribution in [0.25, 0.3) is 11.3 Å². The number of nitrogens with zero attached hydrogens (tertiary/aromatic N) is 4. The summed E-state index contributed by atoms with van der Waals surface area (Å²) in [7, 11) is 0. The van der Waals surface area contributed by atoms with Crippen LogP contribution in [0.15, 0.2) is 12.4 Å². The molecule has 0 radical (unpaired) electrons. The van der Waals surface area contributed by atoms with Crippen LogP contribution in [0.5, 0.6) is 5.88 Å². The van der Waals surface area contributed by atoms with Crippen molar-refractivity contribution in [2.45, 2.75) is 46.2 Å². The Balaban J connectivity index is 2.11. The molecule has 0 unspecified atom stereocenters. The maximum atomic E-state index is 5.82. The van der Waals surface area contributed by atoms with Crippen molar-refractivity contribution in [2.24, 2.45) is 0 Å². The minimum absolute atomic E-state index is 0.391. The van der Waals surface area contributed by atoms with Gasteiger partial charge in [-0.05, 0) is 12.8 Å². The van der Waals surface area contributed by atoms with Gasteiger partial charge in [0.2, 0.25) is 5.88 Å². The number of fused-ring (bicyclic) bond motifs is 1. The molecule has 102 valence electrons. The first-order valence-corrected chi connectivity index (χ1v) is 6.97. The highest BCUT2D eigenvalue weighted by Crippen LogP contribution is 2.37. The van der Waals surface area contributed by atoms with Crippen molar-refractivity contribution < 1.29 is 4.74 Å². The molecule has 0 saturated heterocycles. The van der Waals surface area contributed by atoms with Gasteiger partial charge in [-0.25, -0.2) is 4.68 Å². The minimum atomic E-state index is 0.391. The van der Waals surface area contributed by atoms with Gasteiger partial charge in [-0.1, -0.05) is 13.8 Å². The summed E-state index contributed by atoms with van der Waals surface area (Å²) < 4.78 is 9.75. The van der Waals surface area contributed by atoms with Crippen LogP contribution < -0.4 is 4.74 Å². The van der Waals surface area contributed by atoms with Crippen molar-refractivity contribution in [1.82, 2.24) is 19.6 Å². The summed E-state index contributed by atoms with van der Waals surface area (Å²) in [5.74, 6) is 1.34. The topological polar surface area (TPSA) is 44.9 Å². The summed E-state index contributed by atoms with van der Waals surface area (Å²) >= 11 is 0. The molecule has 19 heavy (non-hydrogen) atoms. The zero-order valence-electron chi connectivity index (χ0n) is 11.8. The zero-order chi connectivity index (χ0) is 13.4. The van der Waals surface area contributed by atoms with Crippen LogP contribution in [0.3, 0.4) is 0 Å². The average molecular weight is 260 g/mol. The Morgan fingerprint density at radius 1 is 1.42 bits per heavy atom. The molecule has 0 N–H and O–H groups in total. The highest BCUT2D eigenvalue weighted by atomic mass is 16.5. The molecule has 0 bridgehead atoms. The molecule has 0 amide bonds. The largest absolute Gasteiger partial charge is 0.478 e. The molecule has 0 aliphatic carbocycles. The molecule has 0 spiro atoms. The molecule has 0 saturated carbocycles. The standard InChI is InChI=1S/C14H20N4O/c1-4-17-9-11(8-15-17)13-12(10(2)3)14-18(16-13)6-5-7-19-14/h8-10H,4-7H2,1-3H3. The molecule has 0 atom stereocenters. The van der Waals surface area contributed by atoms with E-state index < -0.39 is 0 Å². The van der Waals surface area contributed by atoms with E-state index in [1.165, 1.54) is 5.56 Å². The number of hydrogen-bond donors (Lipinski definition) is 0. The van der Waals surface area contributed by atoms with Crippen LogP contribution in [0.2, 0.25) is 0 Å². The molecule has 3 rings (SSSR count). The number of ether oxygens (including phenoxy) is 1. The Morgan fingerprint density at radius 3 is 2.95 bits per heavy atom. The van der Waals surface area contributed by atoms with Crippen LogP contribution in [0.1, 0.15) is 38.7 Å². The highest BCUT2D eigenvalue weighted by Gasteiger charge is 2.25. The van der Waals surface area contributed by atoms with E-state index in [0.29, 0.717) is 5.92 Å². The lowest BCUT2D eigenvalue weighted by Gasteiger charge is -2.17. The summed E-state index contributed by atoms with van der Waals surface area (Å²) in [5.41, 5.74) is 3.30. The van der Waals surface area contributed by atoms with E-state index in [9.17, 15) is 0 Å². The molecule has 1 aliphatic rings. The molecule has 5 heteroatoms. The first kappa shape index (κ1) is 12.3. The van der Waals surface area contributed by atoms with Gasteiger partial charge < -0.3 is 4.74 Å². The highest BCUT2D eigenvalue weighted by molar-refractivity contribution is 5.65. The fourth-order valence-corrected chi connectivity index (χ4v) is 2.54. The Hall–Kier alpha value is -1.78. The Labute approximate surface area is 113 Å². The predicted octanol–water partition coefficient (Wildman–Crippen LogP) is 2.67. The normalized spacial score (nSPS) is 14.5. The predicted molar refractivity (Wildman–Crippen MR) is 73.3 cm³/mol. The van der Waals surface area contributed by atoms with Crippen LogP contribution in [-0.4, -0.2) is 26.2 Å². The van der Waals surface area contributed by atoms with Gasteiger partial charge in [0.15, 0.2) is 0 Å². The van der Waals surface area contributed by atoms with E-state index in [2.05, 4.69) is 32.1 Å². The summed E-state index contributed by atoms with van der Waals surface area (Å²) in [6.07, 6.45) is 4.98. The first-order chi connectivity index (χ1) is 9.20. The second kappa shape index (κ2) is 4.72. The van der Waals surface area contributed by atoms with E-state index in [1.807, 2.05) is 15.6 Å². The molecule has 0 fully saturated rings. The number of aryl methyl sites for hydroxylation is 2. The average Bonchev–Trinajstić information content (AvgIpc) is 3.02. The third-order valence-electron chi connectivity index (χ3n) is 3.50. The van der Waals surface area contributed by atoms with Gasteiger partial charge >= 0.3 is 0 Å². The van der Waals surface area contributed by atoms with Gasteiger partial charge in [-0.2, -0.15) is 10.2 Å². The lowest BCUT2D eigenvalue weighted by Crippen LogP contribution is -2.15. The first-order valence-electron chi connectivity index (χ1n) is 6.97. The third kappa shape index (κ3) is 2.03. The molecule has 2 aromatic rings. The molecule has 2 aromatic heterocycles. The summed E-state index contributed by atoms with van der Waals surface area (Å²) in [4.78, 5) is 0. The van der Waals surface area contributed by atoms with Gasteiger partial charge in [0.05, 0.1) is 12.8 Å². The van der Waals surface area contributed by atoms with Crippen molar-refractivity contribution in [3.8, 4) is 17.1 Å². The van der Waals surface area contributed by atoms with Crippen molar-refractivity contribution in [3.05, 3.63) is 18.0 Å². The lowest BCUT2D eigenvalue weighted by atomic mass is 10.0. The van der Waals surface area contributed by atoms with Crippen LogP contribution >= 0.6 is 0 Å². The van der Waals surface area contributed by atoms with Crippen molar-refractivity contribution >= 4 is 0 Å². The molecule has 3 heterocycles. The summed E-state index contributed by atoms with van der Waals surface area (Å²) in [5, 5.41) is 9.07. The van der Waals surface area contributed by atoms with Crippen molar-refractivity contribution in [2.75, 3.05) is 6.61 Å². The Bertz CT molecular complexity index is 582. The van der Waals surface area contributed by atoms with Gasteiger partial charge in [-0.3, -0.25) is 4.68 Å². The smallest absolute Gasteiger partial charge is 0.215 e. The maximum Gasteiger partial charge on any atom is 0.215 e. The van der Waals surface area contributed by atoms with Crippen molar-refractivity contribution in [1.29, 1.82) is 0 Å². The molecule has 1 aliphatic heterocycles. The fourth-order valence-electron chi connectivity index (χ4n) is 2.54. The third-order valence-corrected chi connectivity index (χ3v) is 3.50.